The molecule has 1 saturated heterocycles. The molecule has 0 aliphatic carbocycles. The topological polar surface area (TPSA) is 94.4 Å². The summed E-state index contributed by atoms with van der Waals surface area (Å²) in [5.41, 5.74) is 2.62. The minimum Gasteiger partial charge on any atom is -0.324 e. The molecule has 1 N–H and O–H groups in total. The highest BCUT2D eigenvalue weighted by Gasteiger charge is 2.55. The van der Waals surface area contributed by atoms with Gasteiger partial charge < -0.3 is 5.32 Å². The molecule has 0 unspecified atom stereocenters. The van der Waals surface area contributed by atoms with Crippen molar-refractivity contribution in [2.24, 2.45) is 10.3 Å². The molecule has 2 heterocycles. The Bertz CT molecular complexity index is 1090. The first kappa shape index (κ1) is 20.0. The van der Waals surface area contributed by atoms with Crippen LogP contribution in [0.5, 0.6) is 0 Å². The number of halogens is 2. The fourth-order valence-electron chi connectivity index (χ4n) is 3.57. The minimum absolute atomic E-state index is 0.140. The number of carbonyl (C=O) groups is 3. The normalized spacial score (nSPS) is 20.1. The van der Waals surface area contributed by atoms with Gasteiger partial charge in [0.15, 0.2) is 12.1 Å². The lowest BCUT2D eigenvalue weighted by Crippen LogP contribution is -2.43. The molecule has 2 aromatic carbocycles. The Kier molecular flexibility index (Phi) is 4.98. The summed E-state index contributed by atoms with van der Waals surface area (Å²) in [6.45, 7) is 3.49. The SMILES string of the molecule is Cc1cccc(C)c1NC(=O)CN1N=N[C@H]2C(=O)N(c3ccc(F)c(Cl)c3)C(=O)[C@@H]21. The zero-order valence-corrected chi connectivity index (χ0v) is 16.9. The van der Waals surface area contributed by atoms with E-state index in [4.69, 9.17) is 11.6 Å². The number of hydrogen-bond acceptors (Lipinski definition) is 6. The molecular weight excluding hydrogens is 413 g/mol. The Hall–Kier alpha value is -3.33. The van der Waals surface area contributed by atoms with Gasteiger partial charge in [0.2, 0.25) is 5.91 Å². The number of para-hydroxylation sites is 1. The van der Waals surface area contributed by atoms with E-state index in [1.165, 1.54) is 17.1 Å². The minimum atomic E-state index is -1.06. The lowest BCUT2D eigenvalue weighted by atomic mass is 10.1. The highest BCUT2D eigenvalue weighted by Crippen LogP contribution is 2.33. The summed E-state index contributed by atoms with van der Waals surface area (Å²) in [7, 11) is 0. The van der Waals surface area contributed by atoms with Crippen LogP contribution in [0.25, 0.3) is 0 Å². The van der Waals surface area contributed by atoms with Crippen LogP contribution in [0.1, 0.15) is 11.1 Å². The predicted octanol–water partition coefficient (Wildman–Crippen LogP) is 3.03. The summed E-state index contributed by atoms with van der Waals surface area (Å²) in [4.78, 5) is 39.1. The van der Waals surface area contributed by atoms with Gasteiger partial charge in [0.05, 0.1) is 10.7 Å². The van der Waals surface area contributed by atoms with Crippen LogP contribution in [0.4, 0.5) is 15.8 Å². The van der Waals surface area contributed by atoms with Gasteiger partial charge in [-0.15, -0.1) is 0 Å². The third-order valence-corrected chi connectivity index (χ3v) is 5.36. The number of benzene rings is 2. The molecule has 4 rings (SSSR count). The van der Waals surface area contributed by atoms with Crippen molar-refractivity contribution in [2.45, 2.75) is 25.9 Å². The Morgan fingerprint density at radius 1 is 1.17 bits per heavy atom. The standard InChI is InChI=1S/C20H17ClFN5O3/c1-10-4-3-5-11(2)16(10)23-15(28)9-26-18-17(24-25-26)19(29)27(20(18)30)12-6-7-14(22)13(21)8-12/h3-8,17-18H,9H2,1-2H3,(H,23,28)/t17-,18-/m1/s1. The van der Waals surface area contributed by atoms with Crippen LogP contribution in [0, 0.1) is 19.7 Å². The molecule has 154 valence electrons. The van der Waals surface area contributed by atoms with E-state index < -0.39 is 35.6 Å². The number of nitrogens with zero attached hydrogens (tertiary/aromatic N) is 4. The first-order valence-electron chi connectivity index (χ1n) is 9.14. The van der Waals surface area contributed by atoms with E-state index in [-0.39, 0.29) is 17.3 Å². The van der Waals surface area contributed by atoms with E-state index in [1.54, 1.807) is 0 Å². The highest BCUT2D eigenvalue weighted by atomic mass is 35.5. The maximum absolute atomic E-state index is 13.4. The lowest BCUT2D eigenvalue weighted by Gasteiger charge is -2.21. The van der Waals surface area contributed by atoms with E-state index in [0.717, 1.165) is 22.1 Å². The molecule has 1 fully saturated rings. The molecule has 2 aliphatic heterocycles. The largest absolute Gasteiger partial charge is 0.324 e. The van der Waals surface area contributed by atoms with Crippen molar-refractivity contribution in [3.05, 3.63) is 58.4 Å². The van der Waals surface area contributed by atoms with Crippen LogP contribution in [-0.2, 0) is 14.4 Å². The number of imide groups is 1. The Morgan fingerprint density at radius 2 is 1.87 bits per heavy atom. The number of anilines is 2. The number of aryl methyl sites for hydroxylation is 2. The second kappa shape index (κ2) is 7.49. The Labute approximate surface area is 176 Å². The first-order valence-corrected chi connectivity index (χ1v) is 9.52. The molecule has 2 atom stereocenters. The fraction of sp³-hybridized carbons (Fsp3) is 0.250. The summed E-state index contributed by atoms with van der Waals surface area (Å²) in [5.74, 6) is -2.26. The summed E-state index contributed by atoms with van der Waals surface area (Å²) >= 11 is 5.78. The quantitative estimate of drug-likeness (QED) is 0.756. The van der Waals surface area contributed by atoms with Crippen molar-refractivity contribution in [3.8, 4) is 0 Å². The predicted molar refractivity (Wildman–Crippen MR) is 108 cm³/mol. The molecule has 0 bridgehead atoms. The number of fused-ring (bicyclic) bond motifs is 1. The van der Waals surface area contributed by atoms with Crippen LogP contribution in [0.15, 0.2) is 46.7 Å². The fourth-order valence-corrected chi connectivity index (χ4v) is 3.74. The number of nitrogens with one attached hydrogen (secondary N) is 1. The summed E-state index contributed by atoms with van der Waals surface area (Å²) in [6, 6.07) is 7.09. The van der Waals surface area contributed by atoms with Gasteiger partial charge >= 0.3 is 0 Å². The van der Waals surface area contributed by atoms with Crippen LogP contribution in [0.2, 0.25) is 5.02 Å². The summed E-state index contributed by atoms with van der Waals surface area (Å²) in [6.07, 6.45) is 0. The first-order chi connectivity index (χ1) is 14.3. The molecule has 0 radical (unpaired) electrons. The molecule has 0 spiro atoms. The van der Waals surface area contributed by atoms with Crippen LogP contribution in [0.3, 0.4) is 0 Å². The van der Waals surface area contributed by atoms with Gasteiger partial charge in [-0.3, -0.25) is 19.4 Å². The Morgan fingerprint density at radius 3 is 2.53 bits per heavy atom. The number of hydrogen-bond donors (Lipinski definition) is 1. The molecule has 8 nitrogen and oxygen atoms in total. The van der Waals surface area contributed by atoms with E-state index in [0.29, 0.717) is 5.69 Å². The van der Waals surface area contributed by atoms with Gasteiger partial charge in [-0.2, -0.15) is 5.11 Å². The Balaban J connectivity index is 1.52. The third kappa shape index (κ3) is 3.30. The lowest BCUT2D eigenvalue weighted by molar-refractivity contribution is -0.123. The number of rotatable bonds is 4. The molecule has 3 amide bonds. The summed E-state index contributed by atoms with van der Waals surface area (Å²) in [5, 5.41) is 11.5. The van der Waals surface area contributed by atoms with Gasteiger partial charge in [-0.25, -0.2) is 9.29 Å². The van der Waals surface area contributed by atoms with Crippen molar-refractivity contribution >= 4 is 40.7 Å². The average molecular weight is 430 g/mol. The van der Waals surface area contributed by atoms with Crippen molar-refractivity contribution in [2.75, 3.05) is 16.8 Å². The van der Waals surface area contributed by atoms with E-state index in [9.17, 15) is 18.8 Å². The van der Waals surface area contributed by atoms with Crippen molar-refractivity contribution < 1.29 is 18.8 Å². The van der Waals surface area contributed by atoms with Gasteiger partial charge in [0, 0.05) is 5.69 Å². The maximum Gasteiger partial charge on any atom is 0.263 e. The van der Waals surface area contributed by atoms with E-state index in [1.807, 2.05) is 32.0 Å². The zero-order chi connectivity index (χ0) is 21.6. The summed E-state index contributed by atoms with van der Waals surface area (Å²) < 4.78 is 13.4. The van der Waals surface area contributed by atoms with Crippen LogP contribution in [-0.4, -0.2) is 41.4 Å². The highest BCUT2D eigenvalue weighted by molar-refractivity contribution is 6.32. The average Bonchev–Trinajstić information content (AvgIpc) is 3.21. The number of amides is 3. The van der Waals surface area contributed by atoms with Gasteiger partial charge in [-0.1, -0.05) is 35.0 Å². The van der Waals surface area contributed by atoms with Crippen molar-refractivity contribution in [1.29, 1.82) is 0 Å². The molecule has 30 heavy (non-hydrogen) atoms. The maximum atomic E-state index is 13.4. The molecule has 2 aliphatic rings. The third-order valence-electron chi connectivity index (χ3n) is 5.07. The van der Waals surface area contributed by atoms with E-state index in [2.05, 4.69) is 15.7 Å². The van der Waals surface area contributed by atoms with Crippen LogP contribution < -0.4 is 10.2 Å². The molecule has 0 saturated carbocycles. The van der Waals surface area contributed by atoms with Gasteiger partial charge in [0.25, 0.3) is 11.8 Å². The van der Waals surface area contributed by atoms with E-state index >= 15 is 0 Å². The zero-order valence-electron chi connectivity index (χ0n) is 16.1. The number of carbonyl (C=O) groups excluding carboxylic acids is 3. The van der Waals surface area contributed by atoms with Crippen LogP contribution >= 0.6 is 11.6 Å². The van der Waals surface area contributed by atoms with Crippen molar-refractivity contribution in [3.63, 3.8) is 0 Å². The second-order valence-corrected chi connectivity index (χ2v) is 7.52. The van der Waals surface area contributed by atoms with Crippen molar-refractivity contribution in [1.82, 2.24) is 5.01 Å². The molecular formula is C20H17ClFN5O3. The molecule has 2 aromatic rings. The smallest absolute Gasteiger partial charge is 0.263 e. The molecule has 0 aromatic heterocycles. The molecule has 10 heteroatoms. The van der Waals surface area contributed by atoms with Gasteiger partial charge in [-0.05, 0) is 43.2 Å². The second-order valence-electron chi connectivity index (χ2n) is 7.12. The van der Waals surface area contributed by atoms with Gasteiger partial charge in [0.1, 0.15) is 12.4 Å². The monoisotopic (exact) mass is 429 g/mol.